The Morgan fingerprint density at radius 2 is 1.81 bits per heavy atom. The predicted octanol–water partition coefficient (Wildman–Crippen LogP) is 4.10. The van der Waals surface area contributed by atoms with Crippen molar-refractivity contribution in [3.8, 4) is 0 Å². The standard InChI is InChI=1S/C18H19NO2/c1-21-18(20)14-9-11-15(12-10-14)19-17-8-4-6-13-5-2-3-7-16(13)17/h4,6,8-12,19H,2-3,5,7H2,1H3. The highest BCUT2D eigenvalue weighted by atomic mass is 16.5. The fraction of sp³-hybridized carbons (Fsp3) is 0.278. The monoisotopic (exact) mass is 281 g/mol. The lowest BCUT2D eigenvalue weighted by molar-refractivity contribution is 0.0601. The topological polar surface area (TPSA) is 38.3 Å². The van der Waals surface area contributed by atoms with Crippen LogP contribution in [0.15, 0.2) is 42.5 Å². The molecule has 0 atom stereocenters. The molecule has 0 radical (unpaired) electrons. The number of carbonyl (C=O) groups is 1. The van der Waals surface area contributed by atoms with Crippen LogP contribution in [-0.2, 0) is 17.6 Å². The van der Waals surface area contributed by atoms with Crippen molar-refractivity contribution >= 4 is 17.3 Å². The largest absolute Gasteiger partial charge is 0.465 e. The molecule has 1 aliphatic carbocycles. The molecular weight excluding hydrogens is 262 g/mol. The van der Waals surface area contributed by atoms with Crippen molar-refractivity contribution in [2.45, 2.75) is 25.7 Å². The molecule has 2 aromatic rings. The third-order valence-corrected chi connectivity index (χ3v) is 3.98. The van der Waals surface area contributed by atoms with Gasteiger partial charge in [0.1, 0.15) is 0 Å². The molecule has 0 fully saturated rings. The number of carbonyl (C=O) groups excluding carboxylic acids is 1. The van der Waals surface area contributed by atoms with E-state index < -0.39 is 0 Å². The van der Waals surface area contributed by atoms with Crippen molar-refractivity contribution in [1.29, 1.82) is 0 Å². The summed E-state index contributed by atoms with van der Waals surface area (Å²) in [4.78, 5) is 11.4. The van der Waals surface area contributed by atoms with Crippen molar-refractivity contribution in [3.05, 3.63) is 59.2 Å². The van der Waals surface area contributed by atoms with Crippen LogP contribution >= 0.6 is 0 Å². The summed E-state index contributed by atoms with van der Waals surface area (Å²) in [6.45, 7) is 0. The molecule has 1 N–H and O–H groups in total. The zero-order valence-electron chi connectivity index (χ0n) is 12.2. The van der Waals surface area contributed by atoms with Gasteiger partial charge in [-0.2, -0.15) is 0 Å². The molecule has 0 bridgehead atoms. The van der Waals surface area contributed by atoms with E-state index >= 15 is 0 Å². The molecule has 3 rings (SSSR count). The van der Waals surface area contributed by atoms with E-state index in [0.29, 0.717) is 5.56 Å². The van der Waals surface area contributed by atoms with Crippen LogP contribution in [0.3, 0.4) is 0 Å². The minimum atomic E-state index is -0.307. The molecule has 3 nitrogen and oxygen atoms in total. The van der Waals surface area contributed by atoms with Gasteiger partial charge >= 0.3 is 5.97 Å². The second-order valence-corrected chi connectivity index (χ2v) is 5.34. The third-order valence-electron chi connectivity index (χ3n) is 3.98. The van der Waals surface area contributed by atoms with Gasteiger partial charge in [0.05, 0.1) is 12.7 Å². The highest BCUT2D eigenvalue weighted by Gasteiger charge is 2.13. The Bertz CT molecular complexity index is 647. The quantitative estimate of drug-likeness (QED) is 0.861. The number of ether oxygens (including phenoxy) is 1. The Hall–Kier alpha value is -2.29. The Balaban J connectivity index is 1.82. The summed E-state index contributed by atoms with van der Waals surface area (Å²) in [5, 5.41) is 3.46. The maximum absolute atomic E-state index is 11.4. The van der Waals surface area contributed by atoms with Crippen molar-refractivity contribution in [1.82, 2.24) is 0 Å². The molecule has 0 spiro atoms. The maximum atomic E-state index is 11.4. The Morgan fingerprint density at radius 1 is 1.05 bits per heavy atom. The number of anilines is 2. The summed E-state index contributed by atoms with van der Waals surface area (Å²) in [6.07, 6.45) is 4.85. The summed E-state index contributed by atoms with van der Waals surface area (Å²) in [5.74, 6) is -0.307. The van der Waals surface area contributed by atoms with E-state index in [4.69, 9.17) is 4.74 Å². The van der Waals surface area contributed by atoms with Crippen molar-refractivity contribution < 1.29 is 9.53 Å². The highest BCUT2D eigenvalue weighted by Crippen LogP contribution is 2.30. The van der Waals surface area contributed by atoms with Crippen LogP contribution in [0.25, 0.3) is 0 Å². The summed E-state index contributed by atoms with van der Waals surface area (Å²) < 4.78 is 4.71. The molecule has 0 aromatic heterocycles. The van der Waals surface area contributed by atoms with E-state index in [-0.39, 0.29) is 5.97 Å². The number of nitrogens with one attached hydrogen (secondary N) is 1. The molecule has 0 saturated carbocycles. The van der Waals surface area contributed by atoms with Crippen molar-refractivity contribution in [3.63, 3.8) is 0 Å². The Labute approximate surface area is 124 Å². The van der Waals surface area contributed by atoms with E-state index in [1.807, 2.05) is 12.1 Å². The number of methoxy groups -OCH3 is 1. The Morgan fingerprint density at radius 3 is 2.57 bits per heavy atom. The van der Waals surface area contributed by atoms with Crippen LogP contribution < -0.4 is 5.32 Å². The molecule has 0 unspecified atom stereocenters. The first-order valence-corrected chi connectivity index (χ1v) is 7.34. The first kappa shape index (κ1) is 13.7. The zero-order chi connectivity index (χ0) is 14.7. The number of benzene rings is 2. The van der Waals surface area contributed by atoms with Gasteiger partial charge in [0.15, 0.2) is 0 Å². The van der Waals surface area contributed by atoms with Gasteiger partial charge in [0, 0.05) is 11.4 Å². The van der Waals surface area contributed by atoms with E-state index in [0.717, 1.165) is 12.1 Å². The molecule has 3 heteroatoms. The molecular formula is C18H19NO2. The first-order valence-electron chi connectivity index (χ1n) is 7.34. The van der Waals surface area contributed by atoms with Gasteiger partial charge in [0.2, 0.25) is 0 Å². The van der Waals surface area contributed by atoms with Gasteiger partial charge in [-0.3, -0.25) is 0 Å². The summed E-state index contributed by atoms with van der Waals surface area (Å²) in [6, 6.07) is 13.8. The van der Waals surface area contributed by atoms with Crippen LogP contribution in [0.5, 0.6) is 0 Å². The lowest BCUT2D eigenvalue weighted by Gasteiger charge is -2.20. The van der Waals surface area contributed by atoms with Gasteiger partial charge < -0.3 is 10.1 Å². The number of rotatable bonds is 3. The van der Waals surface area contributed by atoms with Crippen LogP contribution in [0, 0.1) is 0 Å². The van der Waals surface area contributed by atoms with E-state index in [1.165, 1.54) is 43.2 Å². The van der Waals surface area contributed by atoms with Gasteiger partial charge in [-0.15, -0.1) is 0 Å². The number of hydrogen-bond acceptors (Lipinski definition) is 3. The second-order valence-electron chi connectivity index (χ2n) is 5.34. The maximum Gasteiger partial charge on any atom is 0.337 e. The van der Waals surface area contributed by atoms with E-state index in [9.17, 15) is 4.79 Å². The van der Waals surface area contributed by atoms with Gasteiger partial charge in [-0.25, -0.2) is 4.79 Å². The number of fused-ring (bicyclic) bond motifs is 1. The molecule has 21 heavy (non-hydrogen) atoms. The number of esters is 1. The third kappa shape index (κ3) is 2.92. The molecule has 0 saturated heterocycles. The summed E-state index contributed by atoms with van der Waals surface area (Å²) >= 11 is 0. The van der Waals surface area contributed by atoms with Gasteiger partial charge in [-0.1, -0.05) is 12.1 Å². The first-order chi connectivity index (χ1) is 10.3. The summed E-state index contributed by atoms with van der Waals surface area (Å²) in [5.41, 5.74) is 5.62. The molecule has 0 aliphatic heterocycles. The molecule has 0 amide bonds. The smallest absolute Gasteiger partial charge is 0.337 e. The van der Waals surface area contributed by atoms with E-state index in [2.05, 4.69) is 23.5 Å². The van der Waals surface area contributed by atoms with Crippen LogP contribution in [0.4, 0.5) is 11.4 Å². The normalized spacial score (nSPS) is 13.4. The van der Waals surface area contributed by atoms with Gasteiger partial charge in [-0.05, 0) is 67.1 Å². The van der Waals surface area contributed by atoms with E-state index in [1.54, 1.807) is 12.1 Å². The van der Waals surface area contributed by atoms with Crippen LogP contribution in [0.1, 0.15) is 34.3 Å². The average Bonchev–Trinajstić information content (AvgIpc) is 2.55. The fourth-order valence-electron chi connectivity index (χ4n) is 2.86. The summed E-state index contributed by atoms with van der Waals surface area (Å²) in [7, 11) is 1.39. The van der Waals surface area contributed by atoms with Crippen molar-refractivity contribution in [2.75, 3.05) is 12.4 Å². The SMILES string of the molecule is COC(=O)c1ccc(Nc2cccc3c2CCCC3)cc1. The molecule has 1 aliphatic rings. The highest BCUT2D eigenvalue weighted by molar-refractivity contribution is 5.89. The second kappa shape index (κ2) is 6.00. The Kier molecular flexibility index (Phi) is 3.91. The number of aryl methyl sites for hydroxylation is 1. The average molecular weight is 281 g/mol. The minimum absolute atomic E-state index is 0.307. The lowest BCUT2D eigenvalue weighted by atomic mass is 9.90. The van der Waals surface area contributed by atoms with Crippen LogP contribution in [0.2, 0.25) is 0 Å². The van der Waals surface area contributed by atoms with Crippen LogP contribution in [-0.4, -0.2) is 13.1 Å². The van der Waals surface area contributed by atoms with Crippen molar-refractivity contribution in [2.24, 2.45) is 0 Å². The predicted molar refractivity (Wildman–Crippen MR) is 84.1 cm³/mol. The van der Waals surface area contributed by atoms with Gasteiger partial charge in [0.25, 0.3) is 0 Å². The molecule has 0 heterocycles. The fourth-order valence-corrected chi connectivity index (χ4v) is 2.86. The molecule has 108 valence electrons. The lowest BCUT2D eigenvalue weighted by Crippen LogP contribution is -2.06. The minimum Gasteiger partial charge on any atom is -0.465 e. The number of hydrogen-bond donors (Lipinski definition) is 1. The zero-order valence-corrected chi connectivity index (χ0v) is 12.2. The molecule has 2 aromatic carbocycles.